The molecule has 5 heteroatoms. The Labute approximate surface area is 120 Å². The molecule has 0 aromatic heterocycles. The van der Waals surface area contributed by atoms with Crippen LogP contribution in [0.2, 0.25) is 0 Å². The van der Waals surface area contributed by atoms with Crippen molar-refractivity contribution in [2.24, 2.45) is 16.8 Å². The Morgan fingerprint density at radius 3 is 2.40 bits per heavy atom. The van der Waals surface area contributed by atoms with Gasteiger partial charge in [0.2, 0.25) is 5.91 Å². The molecule has 0 aliphatic carbocycles. The van der Waals surface area contributed by atoms with E-state index in [4.69, 9.17) is 10.9 Å². The number of carbonyl (C=O) groups excluding carboxylic acids is 1. The normalized spacial score (nSPS) is 13.3. The van der Waals surface area contributed by atoms with Crippen LogP contribution < -0.4 is 5.73 Å². The fraction of sp³-hybridized carbons (Fsp3) is 0.467. The highest BCUT2D eigenvalue weighted by Crippen LogP contribution is 2.15. The summed E-state index contributed by atoms with van der Waals surface area (Å²) in [6.07, 6.45) is 0.507. The summed E-state index contributed by atoms with van der Waals surface area (Å²) < 4.78 is 0. The second-order valence-corrected chi connectivity index (χ2v) is 5.03. The Hall–Kier alpha value is -2.04. The molecule has 1 atom stereocenters. The summed E-state index contributed by atoms with van der Waals surface area (Å²) in [6.45, 7) is 6.29. The summed E-state index contributed by atoms with van der Waals surface area (Å²) in [5.74, 6) is -0.719. The van der Waals surface area contributed by atoms with Gasteiger partial charge in [0.1, 0.15) is 0 Å². The standard InChI is InChI=1S/C15H23N3O2/c1-4-13(14(16)17-20)15(19)18(11(2)3)10-12-8-6-5-7-9-12/h5-9,11,13,20H,4,10H2,1-3H3,(H2,16,17). The van der Waals surface area contributed by atoms with E-state index in [0.29, 0.717) is 13.0 Å². The van der Waals surface area contributed by atoms with E-state index in [1.807, 2.05) is 51.1 Å². The fourth-order valence-electron chi connectivity index (χ4n) is 2.08. The molecule has 0 radical (unpaired) electrons. The minimum Gasteiger partial charge on any atom is -0.409 e. The predicted octanol–water partition coefficient (Wildman–Crippen LogP) is 2.20. The summed E-state index contributed by atoms with van der Waals surface area (Å²) in [7, 11) is 0. The number of rotatable bonds is 6. The lowest BCUT2D eigenvalue weighted by molar-refractivity contribution is -0.135. The SMILES string of the molecule is CCC(C(=O)N(Cc1ccccc1)C(C)C)C(N)=NO. The molecular formula is C15H23N3O2. The molecule has 5 nitrogen and oxygen atoms in total. The maximum atomic E-state index is 12.6. The molecule has 0 spiro atoms. The zero-order valence-electron chi connectivity index (χ0n) is 12.3. The molecule has 0 saturated carbocycles. The van der Waals surface area contributed by atoms with Crippen molar-refractivity contribution in [2.45, 2.75) is 39.8 Å². The van der Waals surface area contributed by atoms with Crippen molar-refractivity contribution in [3.05, 3.63) is 35.9 Å². The maximum absolute atomic E-state index is 12.6. The van der Waals surface area contributed by atoms with Crippen LogP contribution in [0, 0.1) is 5.92 Å². The fourth-order valence-corrected chi connectivity index (χ4v) is 2.08. The van der Waals surface area contributed by atoms with E-state index in [-0.39, 0.29) is 17.8 Å². The summed E-state index contributed by atoms with van der Waals surface area (Å²) in [5, 5.41) is 11.8. The van der Waals surface area contributed by atoms with Crippen LogP contribution in [0.4, 0.5) is 0 Å². The predicted molar refractivity (Wildman–Crippen MR) is 79.3 cm³/mol. The van der Waals surface area contributed by atoms with E-state index in [2.05, 4.69) is 5.16 Å². The van der Waals surface area contributed by atoms with Crippen molar-refractivity contribution in [3.63, 3.8) is 0 Å². The summed E-state index contributed by atoms with van der Waals surface area (Å²) in [6, 6.07) is 9.83. The third kappa shape index (κ3) is 3.98. The second-order valence-electron chi connectivity index (χ2n) is 5.03. The average Bonchev–Trinajstić information content (AvgIpc) is 2.45. The van der Waals surface area contributed by atoms with Gasteiger partial charge in [0.25, 0.3) is 0 Å². The Balaban J connectivity index is 2.93. The lowest BCUT2D eigenvalue weighted by atomic mass is 10.0. The van der Waals surface area contributed by atoms with Gasteiger partial charge in [0.15, 0.2) is 5.84 Å². The molecule has 1 aromatic rings. The largest absolute Gasteiger partial charge is 0.409 e. The summed E-state index contributed by atoms with van der Waals surface area (Å²) >= 11 is 0. The maximum Gasteiger partial charge on any atom is 0.233 e. The number of hydrogen-bond donors (Lipinski definition) is 2. The Morgan fingerprint density at radius 1 is 1.35 bits per heavy atom. The van der Waals surface area contributed by atoms with Crippen LogP contribution in [-0.4, -0.2) is 27.9 Å². The van der Waals surface area contributed by atoms with E-state index in [0.717, 1.165) is 5.56 Å². The topological polar surface area (TPSA) is 78.9 Å². The van der Waals surface area contributed by atoms with Gasteiger partial charge < -0.3 is 15.8 Å². The highest BCUT2D eigenvalue weighted by molar-refractivity contribution is 6.02. The molecule has 110 valence electrons. The van der Waals surface area contributed by atoms with Crippen LogP contribution in [0.15, 0.2) is 35.5 Å². The molecule has 0 bridgehead atoms. The molecule has 1 amide bonds. The first kappa shape index (κ1) is 16.0. The lowest BCUT2D eigenvalue weighted by Gasteiger charge is -2.30. The number of carbonyl (C=O) groups is 1. The van der Waals surface area contributed by atoms with Crippen LogP contribution >= 0.6 is 0 Å². The molecule has 20 heavy (non-hydrogen) atoms. The highest BCUT2D eigenvalue weighted by Gasteiger charge is 2.28. The van der Waals surface area contributed by atoms with Crippen LogP contribution in [0.5, 0.6) is 0 Å². The van der Waals surface area contributed by atoms with E-state index < -0.39 is 5.92 Å². The van der Waals surface area contributed by atoms with Gasteiger partial charge in [-0.2, -0.15) is 0 Å². The molecule has 0 heterocycles. The molecule has 0 aliphatic rings. The monoisotopic (exact) mass is 277 g/mol. The zero-order chi connectivity index (χ0) is 15.1. The molecule has 1 rings (SSSR count). The van der Waals surface area contributed by atoms with E-state index in [9.17, 15) is 4.79 Å². The molecule has 0 fully saturated rings. The molecular weight excluding hydrogens is 254 g/mol. The number of hydrogen-bond acceptors (Lipinski definition) is 3. The number of nitrogens with zero attached hydrogens (tertiary/aromatic N) is 2. The first-order chi connectivity index (χ1) is 9.51. The Morgan fingerprint density at radius 2 is 1.95 bits per heavy atom. The van der Waals surface area contributed by atoms with Gasteiger partial charge >= 0.3 is 0 Å². The van der Waals surface area contributed by atoms with Crippen molar-refractivity contribution in [2.75, 3.05) is 0 Å². The number of amidine groups is 1. The highest BCUT2D eigenvalue weighted by atomic mass is 16.4. The molecule has 0 aliphatic heterocycles. The first-order valence-corrected chi connectivity index (χ1v) is 6.83. The molecule has 1 aromatic carbocycles. The second kappa shape index (κ2) is 7.53. The average molecular weight is 277 g/mol. The van der Waals surface area contributed by atoms with E-state index in [1.54, 1.807) is 4.90 Å². The quantitative estimate of drug-likeness (QED) is 0.362. The first-order valence-electron chi connectivity index (χ1n) is 6.83. The van der Waals surface area contributed by atoms with Crippen molar-refractivity contribution in [1.82, 2.24) is 4.90 Å². The van der Waals surface area contributed by atoms with Crippen molar-refractivity contribution < 1.29 is 10.0 Å². The van der Waals surface area contributed by atoms with Crippen molar-refractivity contribution >= 4 is 11.7 Å². The van der Waals surface area contributed by atoms with E-state index >= 15 is 0 Å². The van der Waals surface area contributed by atoms with Crippen LogP contribution in [0.3, 0.4) is 0 Å². The van der Waals surface area contributed by atoms with Crippen LogP contribution in [-0.2, 0) is 11.3 Å². The van der Waals surface area contributed by atoms with E-state index in [1.165, 1.54) is 0 Å². The minimum atomic E-state index is -0.578. The van der Waals surface area contributed by atoms with Gasteiger partial charge in [-0.1, -0.05) is 42.4 Å². The number of oxime groups is 1. The third-order valence-corrected chi connectivity index (χ3v) is 3.28. The third-order valence-electron chi connectivity index (χ3n) is 3.28. The summed E-state index contributed by atoms with van der Waals surface area (Å²) in [5.41, 5.74) is 6.67. The minimum absolute atomic E-state index is 0.0313. The lowest BCUT2D eigenvalue weighted by Crippen LogP contribution is -2.44. The van der Waals surface area contributed by atoms with Gasteiger partial charge in [-0.3, -0.25) is 4.79 Å². The molecule has 0 saturated heterocycles. The molecule has 3 N–H and O–H groups in total. The number of amides is 1. The zero-order valence-corrected chi connectivity index (χ0v) is 12.3. The van der Waals surface area contributed by atoms with Crippen molar-refractivity contribution in [1.29, 1.82) is 0 Å². The molecule has 1 unspecified atom stereocenters. The number of benzene rings is 1. The number of nitrogens with two attached hydrogens (primary N) is 1. The van der Waals surface area contributed by atoms with Gasteiger partial charge in [0, 0.05) is 12.6 Å². The Bertz CT molecular complexity index is 457. The van der Waals surface area contributed by atoms with Gasteiger partial charge in [-0.15, -0.1) is 0 Å². The Kier molecular flexibility index (Phi) is 6.03. The van der Waals surface area contributed by atoms with Crippen LogP contribution in [0.1, 0.15) is 32.8 Å². The summed E-state index contributed by atoms with van der Waals surface area (Å²) in [4.78, 5) is 14.3. The van der Waals surface area contributed by atoms with Gasteiger partial charge in [0.05, 0.1) is 5.92 Å². The van der Waals surface area contributed by atoms with Gasteiger partial charge in [-0.05, 0) is 25.8 Å². The van der Waals surface area contributed by atoms with Gasteiger partial charge in [-0.25, -0.2) is 0 Å². The smallest absolute Gasteiger partial charge is 0.233 e. The van der Waals surface area contributed by atoms with Crippen molar-refractivity contribution in [3.8, 4) is 0 Å². The van der Waals surface area contributed by atoms with Crippen LogP contribution in [0.25, 0.3) is 0 Å².